The molecule has 0 aliphatic heterocycles. The van der Waals surface area contributed by atoms with Crippen LogP contribution in [0.2, 0.25) is 0 Å². The third-order valence-corrected chi connectivity index (χ3v) is 5.83. The standard InChI is InChI=1S/C14H26N2O3S2/c1-6-19-12(5)7-16-21(17,18)14-11(4)9-20-13(14)8-15-10(2)3/h9-10,12,15-16H,6-8H2,1-5H3. The van der Waals surface area contributed by atoms with E-state index in [0.29, 0.717) is 24.1 Å². The van der Waals surface area contributed by atoms with E-state index in [1.165, 1.54) is 11.3 Å². The van der Waals surface area contributed by atoms with E-state index < -0.39 is 10.0 Å². The zero-order valence-electron chi connectivity index (χ0n) is 13.4. The van der Waals surface area contributed by atoms with Crippen LogP contribution in [0.1, 0.15) is 38.1 Å². The highest BCUT2D eigenvalue weighted by Crippen LogP contribution is 2.26. The lowest BCUT2D eigenvalue weighted by Crippen LogP contribution is -2.33. The van der Waals surface area contributed by atoms with Crippen LogP contribution in [-0.4, -0.2) is 33.7 Å². The zero-order valence-corrected chi connectivity index (χ0v) is 15.0. The predicted octanol–water partition coefficient (Wildman–Crippen LogP) is 2.26. The molecule has 0 saturated heterocycles. The maximum Gasteiger partial charge on any atom is 0.242 e. The van der Waals surface area contributed by atoms with Gasteiger partial charge in [0.05, 0.1) is 6.10 Å². The third-order valence-electron chi connectivity index (χ3n) is 2.94. The summed E-state index contributed by atoms with van der Waals surface area (Å²) in [5.74, 6) is 0. The molecule has 7 heteroatoms. The van der Waals surface area contributed by atoms with E-state index in [2.05, 4.69) is 10.0 Å². The van der Waals surface area contributed by atoms with Gasteiger partial charge in [0.2, 0.25) is 10.0 Å². The van der Waals surface area contributed by atoms with E-state index in [0.717, 1.165) is 10.4 Å². The number of nitrogens with one attached hydrogen (secondary N) is 2. The van der Waals surface area contributed by atoms with Crippen molar-refractivity contribution in [2.45, 2.75) is 58.2 Å². The summed E-state index contributed by atoms with van der Waals surface area (Å²) in [6.45, 7) is 11.1. The molecule has 5 nitrogen and oxygen atoms in total. The van der Waals surface area contributed by atoms with Crippen LogP contribution in [0.4, 0.5) is 0 Å². The Morgan fingerprint density at radius 3 is 2.57 bits per heavy atom. The Morgan fingerprint density at radius 1 is 1.33 bits per heavy atom. The van der Waals surface area contributed by atoms with Gasteiger partial charge in [0, 0.05) is 30.6 Å². The molecule has 0 fully saturated rings. The SMILES string of the molecule is CCOC(C)CNS(=O)(=O)c1c(C)csc1CNC(C)C. The summed E-state index contributed by atoms with van der Waals surface area (Å²) >= 11 is 1.48. The minimum absolute atomic E-state index is 0.138. The maximum atomic E-state index is 12.5. The van der Waals surface area contributed by atoms with Crippen molar-refractivity contribution in [1.82, 2.24) is 10.0 Å². The smallest absolute Gasteiger partial charge is 0.242 e. The minimum Gasteiger partial charge on any atom is -0.377 e. The lowest BCUT2D eigenvalue weighted by molar-refractivity contribution is 0.0799. The fraction of sp³-hybridized carbons (Fsp3) is 0.714. The molecule has 1 heterocycles. The summed E-state index contributed by atoms with van der Waals surface area (Å²) in [5, 5.41) is 5.15. The van der Waals surface area contributed by atoms with E-state index in [-0.39, 0.29) is 12.6 Å². The molecule has 21 heavy (non-hydrogen) atoms. The van der Waals surface area contributed by atoms with Gasteiger partial charge in [-0.25, -0.2) is 13.1 Å². The number of hydrogen-bond donors (Lipinski definition) is 2. The van der Waals surface area contributed by atoms with Gasteiger partial charge in [0.25, 0.3) is 0 Å². The zero-order chi connectivity index (χ0) is 16.0. The van der Waals surface area contributed by atoms with Crippen LogP contribution in [0.5, 0.6) is 0 Å². The van der Waals surface area contributed by atoms with E-state index in [1.807, 2.05) is 40.0 Å². The third kappa shape index (κ3) is 5.67. The van der Waals surface area contributed by atoms with Crippen molar-refractivity contribution >= 4 is 21.4 Å². The number of hydrogen-bond acceptors (Lipinski definition) is 5. The van der Waals surface area contributed by atoms with Gasteiger partial charge in [-0.3, -0.25) is 0 Å². The molecule has 1 aromatic heterocycles. The summed E-state index contributed by atoms with van der Waals surface area (Å²) < 4.78 is 33.0. The summed E-state index contributed by atoms with van der Waals surface area (Å²) in [6, 6.07) is 0.314. The number of rotatable bonds is 9. The second kappa shape index (κ2) is 8.24. The lowest BCUT2D eigenvalue weighted by atomic mass is 10.3. The van der Waals surface area contributed by atoms with Crippen molar-refractivity contribution < 1.29 is 13.2 Å². The fourth-order valence-corrected chi connectivity index (χ4v) is 4.78. The first-order valence-corrected chi connectivity index (χ1v) is 9.55. The molecule has 0 radical (unpaired) electrons. The second-order valence-electron chi connectivity index (χ2n) is 5.32. The Labute approximate surface area is 132 Å². The van der Waals surface area contributed by atoms with Crippen LogP contribution < -0.4 is 10.0 Å². The van der Waals surface area contributed by atoms with Gasteiger partial charge in [-0.2, -0.15) is 0 Å². The predicted molar refractivity (Wildman–Crippen MR) is 87.3 cm³/mol. The highest BCUT2D eigenvalue weighted by molar-refractivity contribution is 7.89. The highest BCUT2D eigenvalue weighted by atomic mass is 32.2. The largest absolute Gasteiger partial charge is 0.377 e. The molecule has 1 rings (SSSR count). The maximum absolute atomic E-state index is 12.5. The number of ether oxygens (including phenoxy) is 1. The van der Waals surface area contributed by atoms with E-state index in [9.17, 15) is 8.42 Å². The van der Waals surface area contributed by atoms with Crippen molar-refractivity contribution in [1.29, 1.82) is 0 Å². The fourth-order valence-electron chi connectivity index (χ4n) is 1.91. The van der Waals surface area contributed by atoms with Gasteiger partial charge in [-0.15, -0.1) is 11.3 Å². The van der Waals surface area contributed by atoms with E-state index in [4.69, 9.17) is 4.74 Å². The van der Waals surface area contributed by atoms with Gasteiger partial charge >= 0.3 is 0 Å². The highest BCUT2D eigenvalue weighted by Gasteiger charge is 2.23. The molecule has 0 spiro atoms. The van der Waals surface area contributed by atoms with Crippen LogP contribution in [-0.2, 0) is 21.3 Å². The number of sulfonamides is 1. The Kier molecular flexibility index (Phi) is 7.29. The molecule has 122 valence electrons. The van der Waals surface area contributed by atoms with Gasteiger partial charge < -0.3 is 10.1 Å². The Hall–Kier alpha value is -0.470. The quantitative estimate of drug-likeness (QED) is 0.727. The first-order chi connectivity index (χ1) is 9.77. The first kappa shape index (κ1) is 18.6. The molecular formula is C14H26N2O3S2. The van der Waals surface area contributed by atoms with Crippen LogP contribution >= 0.6 is 11.3 Å². The molecule has 1 unspecified atom stereocenters. The van der Waals surface area contributed by atoms with Crippen molar-refractivity contribution in [3.8, 4) is 0 Å². The van der Waals surface area contributed by atoms with Crippen molar-refractivity contribution in [3.63, 3.8) is 0 Å². The Morgan fingerprint density at radius 2 is 2.00 bits per heavy atom. The Balaban J connectivity index is 2.84. The number of aryl methyl sites for hydroxylation is 1. The van der Waals surface area contributed by atoms with Crippen molar-refractivity contribution in [3.05, 3.63) is 15.8 Å². The molecule has 0 aromatic carbocycles. The van der Waals surface area contributed by atoms with Crippen molar-refractivity contribution in [2.24, 2.45) is 0 Å². The van der Waals surface area contributed by atoms with Gasteiger partial charge in [0.15, 0.2) is 0 Å². The van der Waals surface area contributed by atoms with Crippen LogP contribution in [0.3, 0.4) is 0 Å². The number of thiophene rings is 1. The van der Waals surface area contributed by atoms with Gasteiger partial charge in [0.1, 0.15) is 4.90 Å². The first-order valence-electron chi connectivity index (χ1n) is 7.19. The summed E-state index contributed by atoms with van der Waals surface area (Å²) in [7, 11) is -3.50. The second-order valence-corrected chi connectivity index (χ2v) is 7.99. The summed E-state index contributed by atoms with van der Waals surface area (Å²) in [5.41, 5.74) is 0.789. The molecular weight excluding hydrogens is 308 g/mol. The molecule has 1 aromatic rings. The molecule has 0 aliphatic carbocycles. The lowest BCUT2D eigenvalue weighted by Gasteiger charge is -2.14. The molecule has 2 N–H and O–H groups in total. The summed E-state index contributed by atoms with van der Waals surface area (Å²) in [6.07, 6.45) is -0.138. The minimum atomic E-state index is -3.50. The van der Waals surface area contributed by atoms with Crippen LogP contribution in [0, 0.1) is 6.92 Å². The van der Waals surface area contributed by atoms with Gasteiger partial charge in [-0.1, -0.05) is 13.8 Å². The van der Waals surface area contributed by atoms with Crippen LogP contribution in [0.15, 0.2) is 10.3 Å². The van der Waals surface area contributed by atoms with Crippen molar-refractivity contribution in [2.75, 3.05) is 13.2 Å². The average molecular weight is 335 g/mol. The molecule has 0 aliphatic rings. The average Bonchev–Trinajstić information content (AvgIpc) is 2.76. The van der Waals surface area contributed by atoms with Crippen LogP contribution in [0.25, 0.3) is 0 Å². The monoisotopic (exact) mass is 334 g/mol. The van der Waals surface area contributed by atoms with E-state index in [1.54, 1.807) is 0 Å². The van der Waals surface area contributed by atoms with Gasteiger partial charge in [-0.05, 0) is 31.7 Å². The summed E-state index contributed by atoms with van der Waals surface area (Å²) in [4.78, 5) is 1.25. The molecule has 0 bridgehead atoms. The topological polar surface area (TPSA) is 67.4 Å². The van der Waals surface area contributed by atoms with E-state index >= 15 is 0 Å². The molecule has 0 amide bonds. The molecule has 0 saturated carbocycles. The Bertz CT molecular complexity index is 538. The normalized spacial score (nSPS) is 13.8. The molecule has 1 atom stereocenters.